The minimum atomic E-state index is -0.241. The van der Waals surface area contributed by atoms with Crippen LogP contribution in [0.25, 0.3) is 0 Å². The number of aliphatic imine (C=N–C) groups is 1. The number of amides is 1. The maximum absolute atomic E-state index is 11.8. The second kappa shape index (κ2) is 11.2. The molecule has 0 spiro atoms. The average molecular weight is 462 g/mol. The maximum atomic E-state index is 11.8. The molecule has 1 aromatic carbocycles. The van der Waals surface area contributed by atoms with Crippen molar-refractivity contribution >= 4 is 35.8 Å². The number of nitrogens with one attached hydrogen (secondary N) is 3. The summed E-state index contributed by atoms with van der Waals surface area (Å²) >= 11 is 0. The predicted octanol–water partition coefficient (Wildman–Crippen LogP) is 2.59. The topological polar surface area (TPSA) is 74.8 Å². The second-order valence-electron chi connectivity index (χ2n) is 6.61. The smallest absolute Gasteiger partial charge is 0.239 e. The van der Waals surface area contributed by atoms with Crippen LogP contribution in [0.15, 0.2) is 23.2 Å². The minimum Gasteiger partial charge on any atom is -0.494 e. The number of hydrogen-bond acceptors (Lipinski definition) is 3. The lowest BCUT2D eigenvalue weighted by atomic mass is 10.1. The summed E-state index contributed by atoms with van der Waals surface area (Å²) in [5, 5.41) is 9.11. The van der Waals surface area contributed by atoms with E-state index in [9.17, 15) is 4.79 Å². The van der Waals surface area contributed by atoms with Gasteiger partial charge in [0.05, 0.1) is 13.2 Å². The van der Waals surface area contributed by atoms with Crippen LogP contribution >= 0.6 is 24.0 Å². The van der Waals surface area contributed by atoms with E-state index in [1.165, 1.54) is 0 Å². The SMILES string of the molecule is CCOc1ccc(CNC(=NC)NCC(=O)NC(C)(C)C)cc1C.I. The molecule has 0 fully saturated rings. The Morgan fingerprint density at radius 1 is 1.24 bits per heavy atom. The van der Waals surface area contributed by atoms with Crippen LogP contribution in [0.1, 0.15) is 38.8 Å². The highest BCUT2D eigenvalue weighted by Gasteiger charge is 2.13. The van der Waals surface area contributed by atoms with E-state index in [2.05, 4.69) is 27.0 Å². The molecule has 0 aliphatic heterocycles. The highest BCUT2D eigenvalue weighted by Crippen LogP contribution is 2.18. The van der Waals surface area contributed by atoms with Gasteiger partial charge in [-0.2, -0.15) is 0 Å². The third-order valence-electron chi connectivity index (χ3n) is 3.15. The number of guanidine groups is 1. The van der Waals surface area contributed by atoms with Crippen LogP contribution in [0.4, 0.5) is 0 Å². The summed E-state index contributed by atoms with van der Waals surface area (Å²) in [5.41, 5.74) is 1.98. The summed E-state index contributed by atoms with van der Waals surface area (Å²) in [7, 11) is 1.68. The van der Waals surface area contributed by atoms with Crippen molar-refractivity contribution in [3.05, 3.63) is 29.3 Å². The van der Waals surface area contributed by atoms with Gasteiger partial charge in [0.1, 0.15) is 5.75 Å². The van der Waals surface area contributed by atoms with E-state index in [0.29, 0.717) is 19.1 Å². The van der Waals surface area contributed by atoms with Crippen molar-refractivity contribution in [3.8, 4) is 5.75 Å². The van der Waals surface area contributed by atoms with Crippen LogP contribution in [-0.2, 0) is 11.3 Å². The van der Waals surface area contributed by atoms with Gasteiger partial charge in [-0.05, 0) is 51.8 Å². The fourth-order valence-electron chi connectivity index (χ4n) is 2.17. The zero-order chi connectivity index (χ0) is 18.2. The highest BCUT2D eigenvalue weighted by molar-refractivity contribution is 14.0. The number of aryl methyl sites for hydroxylation is 1. The van der Waals surface area contributed by atoms with E-state index in [1.807, 2.05) is 46.8 Å². The van der Waals surface area contributed by atoms with Crippen molar-refractivity contribution in [2.75, 3.05) is 20.2 Å². The van der Waals surface area contributed by atoms with Gasteiger partial charge in [-0.3, -0.25) is 9.79 Å². The van der Waals surface area contributed by atoms with Crippen molar-refractivity contribution in [2.24, 2.45) is 4.99 Å². The molecule has 0 heterocycles. The summed E-state index contributed by atoms with van der Waals surface area (Å²) in [6, 6.07) is 6.07. The van der Waals surface area contributed by atoms with E-state index >= 15 is 0 Å². The first kappa shape index (κ1) is 23.5. The number of rotatable bonds is 6. The Hall–Kier alpha value is -1.51. The van der Waals surface area contributed by atoms with Gasteiger partial charge >= 0.3 is 0 Å². The van der Waals surface area contributed by atoms with Crippen molar-refractivity contribution in [3.63, 3.8) is 0 Å². The van der Waals surface area contributed by atoms with Crippen LogP contribution in [0.5, 0.6) is 5.75 Å². The molecular weight excluding hydrogens is 431 g/mol. The van der Waals surface area contributed by atoms with Gasteiger partial charge in [0, 0.05) is 19.1 Å². The Morgan fingerprint density at radius 2 is 1.92 bits per heavy atom. The number of ether oxygens (including phenoxy) is 1. The van der Waals surface area contributed by atoms with E-state index in [1.54, 1.807) is 7.05 Å². The molecule has 3 N–H and O–H groups in total. The molecule has 0 aromatic heterocycles. The Labute approximate surface area is 168 Å². The molecule has 6 nitrogen and oxygen atoms in total. The predicted molar refractivity (Wildman–Crippen MR) is 114 cm³/mol. The van der Waals surface area contributed by atoms with Crippen molar-refractivity contribution in [1.29, 1.82) is 0 Å². The quantitative estimate of drug-likeness (QED) is 0.345. The van der Waals surface area contributed by atoms with Gasteiger partial charge in [-0.1, -0.05) is 12.1 Å². The molecule has 0 radical (unpaired) electrons. The van der Waals surface area contributed by atoms with E-state index in [0.717, 1.165) is 16.9 Å². The first-order valence-corrected chi connectivity index (χ1v) is 8.23. The first-order chi connectivity index (χ1) is 11.2. The van der Waals surface area contributed by atoms with Crippen LogP contribution in [0.2, 0.25) is 0 Å². The molecule has 1 aromatic rings. The third kappa shape index (κ3) is 9.52. The molecule has 0 bridgehead atoms. The molecule has 1 amide bonds. The lowest BCUT2D eigenvalue weighted by Crippen LogP contribution is -2.48. The molecule has 0 aliphatic carbocycles. The maximum Gasteiger partial charge on any atom is 0.239 e. The van der Waals surface area contributed by atoms with E-state index < -0.39 is 0 Å². The summed E-state index contributed by atoms with van der Waals surface area (Å²) in [5.74, 6) is 1.43. The summed E-state index contributed by atoms with van der Waals surface area (Å²) in [6.45, 7) is 11.3. The highest BCUT2D eigenvalue weighted by atomic mass is 127. The third-order valence-corrected chi connectivity index (χ3v) is 3.15. The molecule has 7 heteroatoms. The largest absolute Gasteiger partial charge is 0.494 e. The lowest BCUT2D eigenvalue weighted by Gasteiger charge is -2.21. The van der Waals surface area contributed by atoms with Crippen LogP contribution < -0.4 is 20.7 Å². The Bertz CT molecular complexity index is 583. The summed E-state index contributed by atoms with van der Waals surface area (Å²) < 4.78 is 5.54. The molecule has 0 aliphatic rings. The number of benzene rings is 1. The van der Waals surface area contributed by atoms with Crippen molar-refractivity contribution < 1.29 is 9.53 Å². The van der Waals surface area contributed by atoms with Gasteiger partial charge < -0.3 is 20.7 Å². The lowest BCUT2D eigenvalue weighted by molar-refractivity contribution is -0.121. The monoisotopic (exact) mass is 462 g/mol. The standard InChI is InChI=1S/C18H30N4O2.HI/c1-7-24-15-9-8-14(10-13(15)2)11-20-17(19-6)21-12-16(23)22-18(3,4)5;/h8-10H,7,11-12H2,1-6H3,(H,22,23)(H2,19,20,21);1H. The molecule has 1 rings (SSSR count). The van der Waals surface area contributed by atoms with Crippen LogP contribution in [-0.4, -0.2) is 37.6 Å². The fraction of sp³-hybridized carbons (Fsp3) is 0.556. The second-order valence-corrected chi connectivity index (χ2v) is 6.61. The van der Waals surface area contributed by atoms with E-state index in [-0.39, 0.29) is 42.0 Å². The van der Waals surface area contributed by atoms with Gasteiger partial charge in [0.2, 0.25) is 5.91 Å². The molecule has 0 atom stereocenters. The molecule has 0 saturated heterocycles. The molecule has 0 unspecified atom stereocenters. The Morgan fingerprint density at radius 3 is 2.44 bits per heavy atom. The number of carbonyl (C=O) groups is 1. The zero-order valence-corrected chi connectivity index (χ0v) is 18.4. The fourth-order valence-corrected chi connectivity index (χ4v) is 2.17. The normalized spacial score (nSPS) is 11.4. The Balaban J connectivity index is 0.00000576. The molecule has 142 valence electrons. The molecule has 25 heavy (non-hydrogen) atoms. The number of carbonyl (C=O) groups excluding carboxylic acids is 1. The van der Waals surface area contributed by atoms with Gasteiger partial charge in [-0.15, -0.1) is 24.0 Å². The van der Waals surface area contributed by atoms with Gasteiger partial charge in [-0.25, -0.2) is 0 Å². The Kier molecular flexibility index (Phi) is 10.5. The van der Waals surface area contributed by atoms with Crippen LogP contribution in [0.3, 0.4) is 0 Å². The number of hydrogen-bond donors (Lipinski definition) is 3. The van der Waals surface area contributed by atoms with Gasteiger partial charge in [0.15, 0.2) is 5.96 Å². The summed E-state index contributed by atoms with van der Waals surface area (Å²) in [6.07, 6.45) is 0. The number of halogens is 1. The van der Waals surface area contributed by atoms with Gasteiger partial charge in [0.25, 0.3) is 0 Å². The van der Waals surface area contributed by atoms with E-state index in [4.69, 9.17) is 4.74 Å². The average Bonchev–Trinajstić information content (AvgIpc) is 2.48. The molecule has 0 saturated carbocycles. The summed E-state index contributed by atoms with van der Waals surface area (Å²) in [4.78, 5) is 16.0. The molecular formula is C18H31IN4O2. The minimum absolute atomic E-state index is 0. The number of nitrogens with zero attached hydrogens (tertiary/aromatic N) is 1. The zero-order valence-electron chi connectivity index (χ0n) is 16.0. The van der Waals surface area contributed by atoms with Crippen molar-refractivity contribution in [1.82, 2.24) is 16.0 Å². The van der Waals surface area contributed by atoms with Crippen LogP contribution in [0, 0.1) is 6.92 Å². The first-order valence-electron chi connectivity index (χ1n) is 8.23. The van der Waals surface area contributed by atoms with Crippen molar-refractivity contribution in [2.45, 2.75) is 46.7 Å².